The number of aromatic nitrogens is 2. The summed E-state index contributed by atoms with van der Waals surface area (Å²) in [5.41, 5.74) is 2.73. The van der Waals surface area contributed by atoms with Gasteiger partial charge in [-0.05, 0) is 23.8 Å². The number of rotatable bonds is 5. The number of carbonyl (C=O) groups excluding carboxylic acids is 1. The lowest BCUT2D eigenvalue weighted by Crippen LogP contribution is -1.96. The van der Waals surface area contributed by atoms with Gasteiger partial charge in [-0.1, -0.05) is 89.8 Å². The quantitative estimate of drug-likeness (QED) is 0.250. The van der Waals surface area contributed by atoms with Crippen LogP contribution in [0.15, 0.2) is 76.4 Å². The van der Waals surface area contributed by atoms with E-state index >= 15 is 0 Å². The largest absolute Gasteiger partial charge is 0.411 e. The maximum atomic E-state index is 12.1. The number of benzene rings is 3. The van der Waals surface area contributed by atoms with E-state index in [9.17, 15) is 4.79 Å². The number of hydrogen-bond acceptors (Lipinski definition) is 5. The van der Waals surface area contributed by atoms with Crippen LogP contribution in [0.5, 0.6) is 0 Å². The lowest BCUT2D eigenvalue weighted by molar-refractivity contribution is 0.0998. The van der Waals surface area contributed by atoms with E-state index in [0.717, 1.165) is 21.9 Å². The first kappa shape index (κ1) is 19.0. The molecular weight excluding hydrogens is 380 g/mol. The van der Waals surface area contributed by atoms with E-state index in [2.05, 4.69) is 34.2 Å². The first-order chi connectivity index (χ1) is 14.2. The fourth-order valence-electron chi connectivity index (χ4n) is 2.92. The number of aryl methyl sites for hydroxylation is 1. The molecule has 4 aromatic rings. The maximum absolute atomic E-state index is 12.1. The normalized spacial score (nSPS) is 10.5. The van der Waals surface area contributed by atoms with Gasteiger partial charge in [-0.15, -0.1) is 10.2 Å². The molecule has 0 aliphatic rings. The zero-order valence-corrected chi connectivity index (χ0v) is 16.7. The van der Waals surface area contributed by atoms with Gasteiger partial charge in [0.05, 0.1) is 12.2 Å². The van der Waals surface area contributed by atoms with E-state index in [0.29, 0.717) is 22.4 Å². The van der Waals surface area contributed by atoms with Crippen molar-refractivity contribution >= 4 is 28.3 Å². The lowest BCUT2D eigenvalue weighted by Gasteiger charge is -2.01. The van der Waals surface area contributed by atoms with Gasteiger partial charge in [0.2, 0.25) is 5.89 Å². The predicted octanol–water partition coefficient (Wildman–Crippen LogP) is 5.57. The van der Waals surface area contributed by atoms with Crippen molar-refractivity contribution < 1.29 is 9.21 Å². The summed E-state index contributed by atoms with van der Waals surface area (Å²) in [5, 5.41) is 10.9. The van der Waals surface area contributed by atoms with E-state index in [1.54, 1.807) is 0 Å². The molecule has 0 spiro atoms. The van der Waals surface area contributed by atoms with Crippen LogP contribution in [-0.4, -0.2) is 21.7 Å². The third kappa shape index (κ3) is 4.56. The molecule has 3 aromatic carbocycles. The Bertz CT molecular complexity index is 1210. The molecule has 0 aliphatic heterocycles. The van der Waals surface area contributed by atoms with Gasteiger partial charge in [0.1, 0.15) is 0 Å². The molecule has 29 heavy (non-hydrogen) atoms. The summed E-state index contributed by atoms with van der Waals surface area (Å²) in [4.78, 5) is 12.1. The van der Waals surface area contributed by atoms with Crippen LogP contribution in [-0.2, 0) is 0 Å². The van der Waals surface area contributed by atoms with Gasteiger partial charge in [-0.25, -0.2) is 0 Å². The highest BCUT2D eigenvalue weighted by molar-refractivity contribution is 7.99. The van der Waals surface area contributed by atoms with Crippen molar-refractivity contribution in [1.29, 1.82) is 0 Å². The molecule has 0 saturated heterocycles. The van der Waals surface area contributed by atoms with Gasteiger partial charge in [-0.2, -0.15) is 0 Å². The Labute approximate surface area is 173 Å². The second kappa shape index (κ2) is 8.76. The van der Waals surface area contributed by atoms with Crippen molar-refractivity contribution in [1.82, 2.24) is 10.2 Å². The zero-order chi connectivity index (χ0) is 20.1. The Morgan fingerprint density at radius 3 is 2.62 bits per heavy atom. The Morgan fingerprint density at radius 1 is 0.966 bits per heavy atom. The first-order valence-corrected chi connectivity index (χ1v) is 10.2. The highest BCUT2D eigenvalue weighted by Crippen LogP contribution is 2.29. The maximum Gasteiger partial charge on any atom is 0.277 e. The molecule has 142 valence electrons. The SMILES string of the molecule is Cc1ccc(C(=O)CC#CCSc2nnc(-c3cccc4ccccc34)o2)cc1. The molecule has 0 radical (unpaired) electrons. The summed E-state index contributed by atoms with van der Waals surface area (Å²) < 4.78 is 5.79. The van der Waals surface area contributed by atoms with Crippen LogP contribution in [0.2, 0.25) is 0 Å². The Balaban J connectivity index is 1.36. The van der Waals surface area contributed by atoms with E-state index in [1.807, 2.05) is 61.5 Å². The first-order valence-electron chi connectivity index (χ1n) is 9.21. The molecule has 0 fully saturated rings. The molecule has 0 unspecified atom stereocenters. The summed E-state index contributed by atoms with van der Waals surface area (Å²) in [6.07, 6.45) is 0.203. The summed E-state index contributed by atoms with van der Waals surface area (Å²) in [7, 11) is 0. The van der Waals surface area contributed by atoms with Crippen molar-refractivity contribution in [2.75, 3.05) is 5.75 Å². The van der Waals surface area contributed by atoms with Crippen molar-refractivity contribution in [3.63, 3.8) is 0 Å². The molecule has 4 nitrogen and oxygen atoms in total. The van der Waals surface area contributed by atoms with Crippen LogP contribution in [0.25, 0.3) is 22.2 Å². The fourth-order valence-corrected chi connectivity index (χ4v) is 3.46. The van der Waals surface area contributed by atoms with Crippen molar-refractivity contribution in [3.05, 3.63) is 77.9 Å². The van der Waals surface area contributed by atoms with Crippen LogP contribution in [0.3, 0.4) is 0 Å². The molecule has 0 atom stereocenters. The third-order valence-electron chi connectivity index (χ3n) is 4.44. The Morgan fingerprint density at radius 2 is 1.76 bits per heavy atom. The van der Waals surface area contributed by atoms with Crippen molar-refractivity contribution in [3.8, 4) is 23.3 Å². The predicted molar refractivity (Wildman–Crippen MR) is 116 cm³/mol. The molecular formula is C24H18N2O2S. The van der Waals surface area contributed by atoms with Crippen LogP contribution in [0, 0.1) is 18.8 Å². The average molecular weight is 398 g/mol. The van der Waals surface area contributed by atoms with Crippen LogP contribution >= 0.6 is 11.8 Å². The molecule has 1 heterocycles. The molecule has 5 heteroatoms. The van der Waals surface area contributed by atoms with Gasteiger partial charge in [-0.3, -0.25) is 4.79 Å². The minimum absolute atomic E-state index is 0.0264. The molecule has 0 bridgehead atoms. The molecule has 4 rings (SSSR count). The number of hydrogen-bond donors (Lipinski definition) is 0. The average Bonchev–Trinajstić information content (AvgIpc) is 3.22. The second-order valence-electron chi connectivity index (χ2n) is 6.51. The monoisotopic (exact) mass is 398 g/mol. The molecule has 0 amide bonds. The number of carbonyl (C=O) groups is 1. The Kier molecular flexibility index (Phi) is 5.73. The van der Waals surface area contributed by atoms with E-state index in [1.165, 1.54) is 11.8 Å². The van der Waals surface area contributed by atoms with E-state index in [4.69, 9.17) is 4.42 Å². The summed E-state index contributed by atoms with van der Waals surface area (Å²) in [6, 6.07) is 21.6. The number of nitrogens with zero attached hydrogens (tertiary/aromatic N) is 2. The van der Waals surface area contributed by atoms with Gasteiger partial charge in [0.25, 0.3) is 5.22 Å². The third-order valence-corrected chi connectivity index (χ3v) is 5.14. The van der Waals surface area contributed by atoms with Crippen LogP contribution in [0.4, 0.5) is 0 Å². The molecule has 0 aliphatic carbocycles. The number of ketones is 1. The molecule has 1 aromatic heterocycles. The van der Waals surface area contributed by atoms with Crippen molar-refractivity contribution in [2.45, 2.75) is 18.6 Å². The zero-order valence-electron chi connectivity index (χ0n) is 15.9. The second-order valence-corrected chi connectivity index (χ2v) is 7.43. The summed E-state index contributed by atoms with van der Waals surface area (Å²) in [5.74, 6) is 6.91. The Hall–Kier alpha value is -3.36. The van der Waals surface area contributed by atoms with Crippen LogP contribution in [0.1, 0.15) is 22.3 Å². The minimum Gasteiger partial charge on any atom is -0.411 e. The van der Waals surface area contributed by atoms with Gasteiger partial charge in [0, 0.05) is 11.1 Å². The van der Waals surface area contributed by atoms with Crippen LogP contribution < -0.4 is 0 Å². The lowest BCUT2D eigenvalue weighted by atomic mass is 10.0. The number of thioether (sulfide) groups is 1. The highest BCUT2D eigenvalue weighted by Gasteiger charge is 2.11. The highest BCUT2D eigenvalue weighted by atomic mass is 32.2. The van der Waals surface area contributed by atoms with Crippen molar-refractivity contribution in [2.24, 2.45) is 0 Å². The minimum atomic E-state index is 0.0264. The van der Waals surface area contributed by atoms with E-state index < -0.39 is 0 Å². The van der Waals surface area contributed by atoms with E-state index in [-0.39, 0.29) is 12.2 Å². The smallest absolute Gasteiger partial charge is 0.277 e. The standard InChI is InChI=1S/C24H18N2O2S/c1-17-12-14-19(15-13-17)22(27)11-4-5-16-29-24-26-25-23(28-24)21-10-6-8-18-7-2-3-9-20(18)21/h2-3,6-10,12-15H,11,16H2,1H3. The number of Topliss-reactive ketones (excluding diaryl/α,β-unsaturated/α-hetero) is 1. The topological polar surface area (TPSA) is 56.0 Å². The summed E-state index contributed by atoms with van der Waals surface area (Å²) >= 11 is 1.37. The molecule has 0 N–H and O–H groups in total. The van der Waals surface area contributed by atoms with Gasteiger partial charge < -0.3 is 4.42 Å². The fraction of sp³-hybridized carbons (Fsp3) is 0.125. The van der Waals surface area contributed by atoms with Gasteiger partial charge in [0.15, 0.2) is 5.78 Å². The summed E-state index contributed by atoms with van der Waals surface area (Å²) in [6.45, 7) is 1.99. The molecule has 0 saturated carbocycles. The van der Waals surface area contributed by atoms with Gasteiger partial charge >= 0.3 is 0 Å². The number of fused-ring (bicyclic) bond motifs is 1.